The van der Waals surface area contributed by atoms with Crippen LogP contribution in [0.3, 0.4) is 0 Å². The van der Waals surface area contributed by atoms with Crippen LogP contribution in [0.1, 0.15) is 81.6 Å². The van der Waals surface area contributed by atoms with Gasteiger partial charge in [-0.2, -0.15) is 0 Å². The largest absolute Gasteiger partial charge is 0.0602 e. The predicted octanol–water partition coefficient (Wildman–Crippen LogP) is 6.16. The molecule has 1 fully saturated rings. The van der Waals surface area contributed by atoms with E-state index in [2.05, 4.69) is 62.3 Å². The van der Waals surface area contributed by atoms with Gasteiger partial charge in [0.2, 0.25) is 0 Å². The summed E-state index contributed by atoms with van der Waals surface area (Å²) in [6, 6.07) is 0. The molecule has 0 bridgehead atoms. The molecular weight excluding hydrogens is 216 g/mol. The van der Waals surface area contributed by atoms with Crippen molar-refractivity contribution in [2.24, 2.45) is 34.0 Å². The van der Waals surface area contributed by atoms with Crippen molar-refractivity contribution in [2.45, 2.75) is 81.6 Å². The lowest BCUT2D eigenvalue weighted by Crippen LogP contribution is -2.27. The van der Waals surface area contributed by atoms with Crippen molar-refractivity contribution in [3.05, 3.63) is 0 Å². The molecule has 0 heterocycles. The maximum Gasteiger partial charge on any atom is -0.0334 e. The number of hydrogen-bond donors (Lipinski definition) is 0. The summed E-state index contributed by atoms with van der Waals surface area (Å²) in [5.41, 5.74) is 1.42. The fraction of sp³-hybridized carbons (Fsp3) is 1.00. The van der Waals surface area contributed by atoms with Gasteiger partial charge in [-0.15, -0.1) is 0 Å². The van der Waals surface area contributed by atoms with Gasteiger partial charge in [-0.3, -0.25) is 0 Å². The van der Waals surface area contributed by atoms with Crippen LogP contribution >= 0.6 is 0 Å². The van der Waals surface area contributed by atoms with E-state index < -0.39 is 0 Å². The first-order valence-electron chi connectivity index (χ1n) is 7.81. The lowest BCUT2D eigenvalue weighted by Gasteiger charge is -2.35. The molecule has 1 saturated carbocycles. The van der Waals surface area contributed by atoms with Crippen LogP contribution in [0.15, 0.2) is 0 Å². The Bertz CT molecular complexity index is 266. The Morgan fingerprint density at radius 3 is 1.56 bits per heavy atom. The summed E-state index contributed by atoms with van der Waals surface area (Å²) in [4.78, 5) is 0. The number of rotatable bonds is 1. The second-order valence-corrected chi connectivity index (χ2v) is 10.0. The van der Waals surface area contributed by atoms with Crippen LogP contribution in [0.25, 0.3) is 0 Å². The molecule has 0 heteroatoms. The summed E-state index contributed by atoms with van der Waals surface area (Å²) in [6.07, 6.45) is 4.28. The van der Waals surface area contributed by atoms with E-state index in [4.69, 9.17) is 0 Å². The minimum Gasteiger partial charge on any atom is -0.0602 e. The van der Waals surface area contributed by atoms with Crippen LogP contribution in [-0.4, -0.2) is 0 Å². The molecule has 18 heavy (non-hydrogen) atoms. The van der Waals surface area contributed by atoms with E-state index >= 15 is 0 Å². The Morgan fingerprint density at radius 2 is 1.22 bits per heavy atom. The van der Waals surface area contributed by atoms with Crippen LogP contribution in [0.2, 0.25) is 0 Å². The topological polar surface area (TPSA) is 0 Å². The Kier molecular flexibility index (Phi) is 4.31. The Labute approximate surface area is 116 Å². The van der Waals surface area contributed by atoms with Crippen LogP contribution in [0.4, 0.5) is 0 Å². The molecule has 3 atom stereocenters. The smallest absolute Gasteiger partial charge is 0.0334 e. The van der Waals surface area contributed by atoms with Crippen molar-refractivity contribution < 1.29 is 0 Å². The SMILES string of the molecule is CC(C)(C)C[C@H]1C[C@@H](C(C)(C)C)CC1C(C)(C)C. The zero-order valence-corrected chi connectivity index (χ0v) is 14.4. The molecule has 0 aromatic rings. The molecule has 0 saturated heterocycles. The van der Waals surface area contributed by atoms with E-state index in [0.29, 0.717) is 16.2 Å². The van der Waals surface area contributed by atoms with Gasteiger partial charge in [0.15, 0.2) is 0 Å². The molecule has 0 aromatic heterocycles. The normalized spacial score (nSPS) is 30.8. The first kappa shape index (κ1) is 16.1. The minimum atomic E-state index is 0.468. The van der Waals surface area contributed by atoms with E-state index in [1.165, 1.54) is 19.3 Å². The molecule has 0 N–H and O–H groups in total. The molecule has 108 valence electrons. The van der Waals surface area contributed by atoms with Crippen molar-refractivity contribution in [2.75, 3.05) is 0 Å². The fourth-order valence-electron chi connectivity index (χ4n) is 3.90. The maximum atomic E-state index is 2.44. The molecule has 0 aromatic carbocycles. The maximum absolute atomic E-state index is 2.44. The van der Waals surface area contributed by atoms with Crippen molar-refractivity contribution in [1.82, 2.24) is 0 Å². The zero-order valence-electron chi connectivity index (χ0n) is 14.4. The van der Waals surface area contributed by atoms with Gasteiger partial charge in [0.1, 0.15) is 0 Å². The lowest BCUT2D eigenvalue weighted by atomic mass is 9.70. The highest BCUT2D eigenvalue weighted by Gasteiger charge is 2.44. The quantitative estimate of drug-likeness (QED) is 0.524. The monoisotopic (exact) mass is 252 g/mol. The van der Waals surface area contributed by atoms with Gasteiger partial charge in [-0.1, -0.05) is 62.3 Å². The van der Waals surface area contributed by atoms with Gasteiger partial charge < -0.3 is 0 Å². The summed E-state index contributed by atoms with van der Waals surface area (Å²) < 4.78 is 0. The average molecular weight is 252 g/mol. The first-order chi connectivity index (χ1) is 7.81. The molecule has 1 aliphatic carbocycles. The van der Waals surface area contributed by atoms with Gasteiger partial charge in [-0.25, -0.2) is 0 Å². The van der Waals surface area contributed by atoms with Crippen molar-refractivity contribution >= 4 is 0 Å². The highest BCUT2D eigenvalue weighted by atomic mass is 14.5. The number of hydrogen-bond acceptors (Lipinski definition) is 0. The van der Waals surface area contributed by atoms with E-state index in [-0.39, 0.29) is 0 Å². The van der Waals surface area contributed by atoms with E-state index in [9.17, 15) is 0 Å². The highest BCUT2D eigenvalue weighted by Crippen LogP contribution is 2.54. The molecule has 0 nitrogen and oxygen atoms in total. The molecule has 0 aliphatic heterocycles. The van der Waals surface area contributed by atoms with Crippen LogP contribution in [0.5, 0.6) is 0 Å². The second-order valence-electron chi connectivity index (χ2n) is 10.0. The van der Waals surface area contributed by atoms with Crippen LogP contribution in [-0.2, 0) is 0 Å². The third-order valence-electron chi connectivity index (χ3n) is 4.91. The Morgan fingerprint density at radius 1 is 0.722 bits per heavy atom. The van der Waals surface area contributed by atoms with Crippen molar-refractivity contribution in [3.8, 4) is 0 Å². The average Bonchev–Trinajstić information content (AvgIpc) is 2.42. The van der Waals surface area contributed by atoms with Gasteiger partial charge in [0.05, 0.1) is 0 Å². The van der Waals surface area contributed by atoms with Gasteiger partial charge in [0.25, 0.3) is 0 Å². The Hall–Kier alpha value is 0. The molecule has 0 amide bonds. The summed E-state index contributed by atoms with van der Waals surface area (Å²) in [7, 11) is 0. The van der Waals surface area contributed by atoms with Crippen molar-refractivity contribution in [1.29, 1.82) is 0 Å². The summed E-state index contributed by atoms with van der Waals surface area (Å²) >= 11 is 0. The van der Waals surface area contributed by atoms with Crippen molar-refractivity contribution in [3.63, 3.8) is 0 Å². The van der Waals surface area contributed by atoms with Gasteiger partial charge in [-0.05, 0) is 53.3 Å². The molecule has 0 spiro atoms. The Balaban J connectivity index is 2.86. The third kappa shape index (κ3) is 4.28. The first-order valence-corrected chi connectivity index (χ1v) is 7.81. The van der Waals surface area contributed by atoms with E-state index in [1.807, 2.05) is 0 Å². The van der Waals surface area contributed by atoms with Crippen LogP contribution < -0.4 is 0 Å². The standard InChI is InChI=1S/C18H36/c1-16(2,3)12-13-10-14(17(4,5)6)11-15(13)18(7,8)9/h13-15H,10-12H2,1-9H3/t13-,14-,15?/m1/s1. The highest BCUT2D eigenvalue weighted by molar-refractivity contribution is 4.94. The summed E-state index contributed by atoms with van der Waals surface area (Å²) in [5.74, 6) is 2.74. The fourth-order valence-corrected chi connectivity index (χ4v) is 3.90. The van der Waals surface area contributed by atoms with E-state index in [0.717, 1.165) is 17.8 Å². The van der Waals surface area contributed by atoms with E-state index in [1.54, 1.807) is 0 Å². The third-order valence-corrected chi connectivity index (χ3v) is 4.91. The second kappa shape index (κ2) is 4.84. The molecule has 1 aliphatic rings. The van der Waals surface area contributed by atoms with Crippen LogP contribution in [0, 0.1) is 34.0 Å². The molecular formula is C18H36. The van der Waals surface area contributed by atoms with Gasteiger partial charge in [0, 0.05) is 0 Å². The molecule has 1 unspecified atom stereocenters. The zero-order chi connectivity index (χ0) is 14.4. The molecule has 1 rings (SSSR count). The summed E-state index contributed by atoms with van der Waals surface area (Å²) in [5, 5.41) is 0. The molecule has 0 radical (unpaired) electrons. The van der Waals surface area contributed by atoms with Gasteiger partial charge >= 0.3 is 0 Å². The minimum absolute atomic E-state index is 0.468. The summed E-state index contributed by atoms with van der Waals surface area (Å²) in [6.45, 7) is 21.8. The lowest BCUT2D eigenvalue weighted by molar-refractivity contribution is 0.144. The predicted molar refractivity (Wildman–Crippen MR) is 82.7 cm³/mol.